The van der Waals surface area contributed by atoms with Crippen molar-refractivity contribution in [2.24, 2.45) is 0 Å². The van der Waals surface area contributed by atoms with E-state index in [9.17, 15) is 0 Å². The maximum absolute atomic E-state index is 4.24. The summed E-state index contributed by atoms with van der Waals surface area (Å²) in [4.78, 5) is 6.71. The van der Waals surface area contributed by atoms with Crippen molar-refractivity contribution >= 4 is 5.69 Å². The second kappa shape index (κ2) is 5.30. The summed E-state index contributed by atoms with van der Waals surface area (Å²) in [6.45, 7) is 7.81. The van der Waals surface area contributed by atoms with Crippen LogP contribution in [0.15, 0.2) is 18.5 Å². The van der Waals surface area contributed by atoms with E-state index < -0.39 is 0 Å². The fourth-order valence-electron chi connectivity index (χ4n) is 2.21. The number of aryl methyl sites for hydroxylation is 1. The van der Waals surface area contributed by atoms with Gasteiger partial charge >= 0.3 is 0 Å². The van der Waals surface area contributed by atoms with Gasteiger partial charge in [-0.15, -0.1) is 0 Å². The Kier molecular flexibility index (Phi) is 3.78. The minimum Gasteiger partial charge on any atom is -0.370 e. The minimum absolute atomic E-state index is 0.625. The molecule has 2 heterocycles. The van der Waals surface area contributed by atoms with Gasteiger partial charge < -0.3 is 10.2 Å². The van der Waals surface area contributed by atoms with Crippen LogP contribution in [0, 0.1) is 6.92 Å². The molecule has 88 valence electrons. The van der Waals surface area contributed by atoms with Crippen LogP contribution >= 0.6 is 0 Å². The Balaban J connectivity index is 2.10. The van der Waals surface area contributed by atoms with Gasteiger partial charge in [-0.1, -0.05) is 0 Å². The topological polar surface area (TPSA) is 28.2 Å². The quantitative estimate of drug-likeness (QED) is 0.782. The monoisotopic (exact) mass is 219 g/mol. The Labute approximate surface area is 97.9 Å². The summed E-state index contributed by atoms with van der Waals surface area (Å²) in [5, 5.41) is 3.53. The number of anilines is 1. The third-order valence-electron chi connectivity index (χ3n) is 3.28. The maximum Gasteiger partial charge on any atom is 0.0582 e. The van der Waals surface area contributed by atoms with Crippen molar-refractivity contribution in [2.75, 3.05) is 24.5 Å². The number of aromatic nitrogens is 1. The lowest BCUT2D eigenvalue weighted by Crippen LogP contribution is -2.38. The lowest BCUT2D eigenvalue weighted by molar-refractivity contribution is 0.474. The zero-order valence-electron chi connectivity index (χ0n) is 10.2. The van der Waals surface area contributed by atoms with Gasteiger partial charge in [-0.2, -0.15) is 0 Å². The van der Waals surface area contributed by atoms with Crippen LogP contribution in [0.5, 0.6) is 0 Å². The number of pyridine rings is 1. The molecule has 1 aliphatic rings. The van der Waals surface area contributed by atoms with E-state index in [0.717, 1.165) is 19.6 Å². The molecule has 1 aromatic rings. The van der Waals surface area contributed by atoms with Crippen molar-refractivity contribution in [2.45, 2.75) is 32.7 Å². The van der Waals surface area contributed by atoms with Gasteiger partial charge in [0.2, 0.25) is 0 Å². The molecule has 0 saturated carbocycles. The first-order chi connectivity index (χ1) is 7.77. The summed E-state index contributed by atoms with van der Waals surface area (Å²) in [6.07, 6.45) is 6.27. The SMILES string of the molecule is Cc1ccncc1N1CCCNC(C)CC1. The molecule has 1 saturated heterocycles. The molecule has 0 radical (unpaired) electrons. The molecule has 1 N–H and O–H groups in total. The predicted octanol–water partition coefficient (Wildman–Crippen LogP) is 1.97. The summed E-state index contributed by atoms with van der Waals surface area (Å²) >= 11 is 0. The molecule has 3 heteroatoms. The van der Waals surface area contributed by atoms with Crippen LogP contribution < -0.4 is 10.2 Å². The van der Waals surface area contributed by atoms with E-state index >= 15 is 0 Å². The molecule has 0 spiro atoms. The van der Waals surface area contributed by atoms with Crippen LogP contribution in [0.1, 0.15) is 25.3 Å². The van der Waals surface area contributed by atoms with Gasteiger partial charge in [-0.3, -0.25) is 4.98 Å². The Hall–Kier alpha value is -1.09. The summed E-state index contributed by atoms with van der Waals surface area (Å²) in [5.41, 5.74) is 2.63. The van der Waals surface area contributed by atoms with E-state index in [1.807, 2.05) is 12.4 Å². The standard InChI is InChI=1S/C13H21N3/c1-11-4-7-14-10-13(11)16-8-3-6-15-12(2)5-9-16/h4,7,10,12,15H,3,5-6,8-9H2,1-2H3. The molecule has 1 aliphatic heterocycles. The summed E-state index contributed by atoms with van der Waals surface area (Å²) in [7, 11) is 0. The highest BCUT2D eigenvalue weighted by atomic mass is 15.1. The zero-order chi connectivity index (χ0) is 11.4. The van der Waals surface area contributed by atoms with Crippen molar-refractivity contribution < 1.29 is 0 Å². The molecule has 1 aromatic heterocycles. The molecule has 0 aliphatic carbocycles. The smallest absolute Gasteiger partial charge is 0.0582 e. The highest BCUT2D eigenvalue weighted by Crippen LogP contribution is 2.19. The Bertz CT molecular complexity index is 338. The molecular weight excluding hydrogens is 198 g/mol. The molecule has 1 unspecified atom stereocenters. The summed E-state index contributed by atoms with van der Waals surface area (Å²) in [5.74, 6) is 0. The molecule has 0 amide bonds. The molecule has 3 nitrogen and oxygen atoms in total. The van der Waals surface area contributed by atoms with Crippen LogP contribution in [-0.2, 0) is 0 Å². The molecule has 0 aromatic carbocycles. The van der Waals surface area contributed by atoms with E-state index in [0.29, 0.717) is 6.04 Å². The van der Waals surface area contributed by atoms with Crippen LogP contribution in [0.3, 0.4) is 0 Å². The van der Waals surface area contributed by atoms with Gasteiger partial charge in [0, 0.05) is 25.3 Å². The molecule has 1 fully saturated rings. The van der Waals surface area contributed by atoms with E-state index in [1.54, 1.807) is 0 Å². The average molecular weight is 219 g/mol. The van der Waals surface area contributed by atoms with Crippen LogP contribution in [-0.4, -0.2) is 30.7 Å². The largest absolute Gasteiger partial charge is 0.370 e. The molecule has 0 bridgehead atoms. The van der Waals surface area contributed by atoms with E-state index in [1.165, 1.54) is 24.1 Å². The third kappa shape index (κ3) is 2.73. The highest BCUT2D eigenvalue weighted by molar-refractivity contribution is 5.50. The van der Waals surface area contributed by atoms with Crippen LogP contribution in [0.25, 0.3) is 0 Å². The lowest BCUT2D eigenvalue weighted by atomic mass is 10.1. The predicted molar refractivity (Wildman–Crippen MR) is 67.9 cm³/mol. The van der Waals surface area contributed by atoms with Gasteiger partial charge in [-0.05, 0) is 44.9 Å². The van der Waals surface area contributed by atoms with Crippen molar-refractivity contribution in [1.29, 1.82) is 0 Å². The van der Waals surface area contributed by atoms with Crippen molar-refractivity contribution in [3.05, 3.63) is 24.0 Å². The van der Waals surface area contributed by atoms with Gasteiger partial charge in [0.25, 0.3) is 0 Å². The molecular formula is C13H21N3. The molecule has 16 heavy (non-hydrogen) atoms. The minimum atomic E-state index is 0.625. The second-order valence-electron chi connectivity index (χ2n) is 4.65. The Morgan fingerprint density at radius 1 is 1.44 bits per heavy atom. The summed E-state index contributed by atoms with van der Waals surface area (Å²) in [6, 6.07) is 2.72. The maximum atomic E-state index is 4.24. The summed E-state index contributed by atoms with van der Waals surface area (Å²) < 4.78 is 0. The van der Waals surface area contributed by atoms with Gasteiger partial charge in [-0.25, -0.2) is 0 Å². The number of hydrogen-bond acceptors (Lipinski definition) is 3. The van der Waals surface area contributed by atoms with Crippen molar-refractivity contribution in [1.82, 2.24) is 10.3 Å². The Morgan fingerprint density at radius 2 is 2.31 bits per heavy atom. The average Bonchev–Trinajstić information content (AvgIpc) is 2.26. The van der Waals surface area contributed by atoms with E-state index in [2.05, 4.69) is 35.1 Å². The van der Waals surface area contributed by atoms with E-state index in [4.69, 9.17) is 0 Å². The Morgan fingerprint density at radius 3 is 3.12 bits per heavy atom. The molecule has 2 rings (SSSR count). The highest BCUT2D eigenvalue weighted by Gasteiger charge is 2.13. The fourth-order valence-corrected chi connectivity index (χ4v) is 2.21. The number of rotatable bonds is 1. The number of hydrogen-bond donors (Lipinski definition) is 1. The van der Waals surface area contributed by atoms with Gasteiger partial charge in [0.1, 0.15) is 0 Å². The number of nitrogens with one attached hydrogen (secondary N) is 1. The molecule has 1 atom stereocenters. The first-order valence-corrected chi connectivity index (χ1v) is 6.16. The van der Waals surface area contributed by atoms with Crippen molar-refractivity contribution in [3.8, 4) is 0 Å². The zero-order valence-corrected chi connectivity index (χ0v) is 10.2. The normalized spacial score (nSPS) is 22.6. The lowest BCUT2D eigenvalue weighted by Gasteiger charge is -2.30. The van der Waals surface area contributed by atoms with Crippen LogP contribution in [0.4, 0.5) is 5.69 Å². The third-order valence-corrected chi connectivity index (χ3v) is 3.28. The van der Waals surface area contributed by atoms with Crippen molar-refractivity contribution in [3.63, 3.8) is 0 Å². The second-order valence-corrected chi connectivity index (χ2v) is 4.65. The van der Waals surface area contributed by atoms with Gasteiger partial charge in [0.15, 0.2) is 0 Å². The van der Waals surface area contributed by atoms with E-state index in [-0.39, 0.29) is 0 Å². The van der Waals surface area contributed by atoms with Gasteiger partial charge in [0.05, 0.1) is 11.9 Å². The first-order valence-electron chi connectivity index (χ1n) is 6.16. The first kappa shape index (κ1) is 11.4. The fraction of sp³-hybridized carbons (Fsp3) is 0.615. The number of nitrogens with zero attached hydrogens (tertiary/aromatic N) is 2. The van der Waals surface area contributed by atoms with Crippen LogP contribution in [0.2, 0.25) is 0 Å².